The van der Waals surface area contributed by atoms with E-state index in [1.165, 1.54) is 0 Å². The minimum Gasteiger partial charge on any atom is -0.444 e. The number of rotatable bonds is 2. The smallest absolute Gasteiger partial charge is 0.410 e. The SMILES string of the molecule is CC(C)(C)OC(=O)N1CCC(NCC#N)CC1. The van der Waals surface area contributed by atoms with Gasteiger partial charge in [-0.1, -0.05) is 0 Å². The summed E-state index contributed by atoms with van der Waals surface area (Å²) < 4.78 is 5.31. The van der Waals surface area contributed by atoms with Gasteiger partial charge in [-0.2, -0.15) is 5.26 Å². The van der Waals surface area contributed by atoms with Crippen molar-refractivity contribution in [2.24, 2.45) is 0 Å². The molecule has 0 aromatic carbocycles. The van der Waals surface area contributed by atoms with Crippen LogP contribution in [0.5, 0.6) is 0 Å². The number of hydrogen-bond acceptors (Lipinski definition) is 4. The van der Waals surface area contributed by atoms with Gasteiger partial charge in [-0.05, 0) is 33.6 Å². The Balaban J connectivity index is 2.32. The third-order valence-electron chi connectivity index (χ3n) is 2.62. The summed E-state index contributed by atoms with van der Waals surface area (Å²) in [4.78, 5) is 13.5. The predicted octanol–water partition coefficient (Wildman–Crippen LogP) is 1.50. The monoisotopic (exact) mass is 239 g/mol. The number of carbonyl (C=O) groups excluding carboxylic acids is 1. The molecule has 5 nitrogen and oxygen atoms in total. The van der Waals surface area contributed by atoms with E-state index in [4.69, 9.17) is 10.00 Å². The first-order chi connectivity index (χ1) is 7.92. The van der Waals surface area contributed by atoms with Crippen molar-refractivity contribution in [1.82, 2.24) is 10.2 Å². The van der Waals surface area contributed by atoms with Crippen LogP contribution < -0.4 is 5.32 Å². The molecule has 0 atom stereocenters. The van der Waals surface area contributed by atoms with Gasteiger partial charge in [0.1, 0.15) is 5.60 Å². The minimum atomic E-state index is -0.438. The lowest BCUT2D eigenvalue weighted by molar-refractivity contribution is 0.0199. The Hall–Kier alpha value is -1.28. The van der Waals surface area contributed by atoms with Crippen LogP contribution in [0.2, 0.25) is 0 Å². The lowest BCUT2D eigenvalue weighted by atomic mass is 10.1. The first kappa shape index (κ1) is 13.8. The first-order valence-corrected chi connectivity index (χ1v) is 6.00. The third kappa shape index (κ3) is 5.05. The van der Waals surface area contributed by atoms with Crippen LogP contribution in [0.25, 0.3) is 0 Å². The number of hydrogen-bond donors (Lipinski definition) is 1. The Morgan fingerprint density at radius 2 is 2.06 bits per heavy atom. The maximum Gasteiger partial charge on any atom is 0.410 e. The van der Waals surface area contributed by atoms with Gasteiger partial charge in [0.25, 0.3) is 0 Å². The molecule has 1 saturated heterocycles. The second-order valence-electron chi connectivity index (χ2n) is 5.28. The molecule has 0 aromatic rings. The highest BCUT2D eigenvalue weighted by Crippen LogP contribution is 2.15. The van der Waals surface area contributed by atoms with Crippen molar-refractivity contribution in [3.05, 3.63) is 0 Å². The van der Waals surface area contributed by atoms with Crippen molar-refractivity contribution in [3.63, 3.8) is 0 Å². The van der Waals surface area contributed by atoms with Gasteiger partial charge in [0.05, 0.1) is 12.6 Å². The van der Waals surface area contributed by atoms with E-state index in [9.17, 15) is 4.79 Å². The van der Waals surface area contributed by atoms with Crippen molar-refractivity contribution in [2.75, 3.05) is 19.6 Å². The maximum absolute atomic E-state index is 11.8. The largest absolute Gasteiger partial charge is 0.444 e. The van der Waals surface area contributed by atoms with Crippen LogP contribution in [0.3, 0.4) is 0 Å². The number of amides is 1. The fraction of sp³-hybridized carbons (Fsp3) is 0.833. The minimum absolute atomic E-state index is 0.240. The number of nitrogens with zero attached hydrogens (tertiary/aromatic N) is 2. The molecule has 5 heteroatoms. The summed E-state index contributed by atoms with van der Waals surface area (Å²) in [5, 5.41) is 11.6. The summed E-state index contributed by atoms with van der Waals surface area (Å²) in [5.74, 6) is 0. The fourth-order valence-electron chi connectivity index (χ4n) is 1.78. The van der Waals surface area contributed by atoms with E-state index in [1.807, 2.05) is 20.8 Å². The third-order valence-corrected chi connectivity index (χ3v) is 2.62. The summed E-state index contributed by atoms with van der Waals surface area (Å²) in [6.45, 7) is 7.36. The van der Waals surface area contributed by atoms with Gasteiger partial charge in [-0.15, -0.1) is 0 Å². The Morgan fingerprint density at radius 3 is 2.53 bits per heavy atom. The van der Waals surface area contributed by atoms with E-state index in [0.29, 0.717) is 25.7 Å². The molecule has 0 spiro atoms. The van der Waals surface area contributed by atoms with E-state index >= 15 is 0 Å². The molecule has 0 unspecified atom stereocenters. The summed E-state index contributed by atoms with van der Waals surface area (Å²) in [7, 11) is 0. The predicted molar refractivity (Wildman–Crippen MR) is 64.4 cm³/mol. The summed E-state index contributed by atoms with van der Waals surface area (Å²) in [5.41, 5.74) is -0.438. The molecule has 1 amide bonds. The van der Waals surface area contributed by atoms with Crippen LogP contribution in [0, 0.1) is 11.3 Å². The molecule has 0 bridgehead atoms. The van der Waals surface area contributed by atoms with E-state index in [2.05, 4.69) is 11.4 Å². The summed E-state index contributed by atoms with van der Waals surface area (Å²) in [6, 6.07) is 2.40. The van der Waals surface area contributed by atoms with E-state index < -0.39 is 5.60 Å². The molecule has 1 fully saturated rings. The Kier molecular flexibility index (Phi) is 4.76. The standard InChI is InChI=1S/C12H21N3O2/c1-12(2,3)17-11(16)15-8-4-10(5-9-15)14-7-6-13/h10,14H,4-5,7-9H2,1-3H3. The highest BCUT2D eigenvalue weighted by molar-refractivity contribution is 5.68. The van der Waals surface area contributed by atoms with Crippen LogP contribution in [-0.2, 0) is 4.74 Å². The quantitative estimate of drug-likeness (QED) is 0.742. The van der Waals surface area contributed by atoms with Gasteiger partial charge in [0.15, 0.2) is 0 Å². The van der Waals surface area contributed by atoms with Crippen LogP contribution >= 0.6 is 0 Å². The average Bonchev–Trinajstić information content (AvgIpc) is 2.24. The molecule has 1 aliphatic heterocycles. The number of nitrogens with one attached hydrogen (secondary N) is 1. The van der Waals surface area contributed by atoms with Crippen molar-refractivity contribution in [2.45, 2.75) is 45.3 Å². The molecule has 0 aromatic heterocycles. The molecule has 0 aliphatic carbocycles. The normalized spacial score (nSPS) is 17.6. The van der Waals surface area contributed by atoms with Crippen LogP contribution in [-0.4, -0.2) is 42.3 Å². The zero-order valence-corrected chi connectivity index (χ0v) is 10.8. The van der Waals surface area contributed by atoms with Crippen molar-refractivity contribution < 1.29 is 9.53 Å². The van der Waals surface area contributed by atoms with E-state index in [0.717, 1.165) is 12.8 Å². The second kappa shape index (κ2) is 5.87. The average molecular weight is 239 g/mol. The Morgan fingerprint density at radius 1 is 1.47 bits per heavy atom. The van der Waals surface area contributed by atoms with Crippen LogP contribution in [0.4, 0.5) is 4.79 Å². The molecular weight excluding hydrogens is 218 g/mol. The zero-order chi connectivity index (χ0) is 12.9. The molecule has 1 heterocycles. The molecule has 96 valence electrons. The molecule has 0 radical (unpaired) electrons. The second-order valence-corrected chi connectivity index (χ2v) is 5.28. The van der Waals surface area contributed by atoms with Gasteiger partial charge >= 0.3 is 6.09 Å². The van der Waals surface area contributed by atoms with Gasteiger partial charge < -0.3 is 15.0 Å². The van der Waals surface area contributed by atoms with Gasteiger partial charge in [0.2, 0.25) is 0 Å². The molecule has 17 heavy (non-hydrogen) atoms. The van der Waals surface area contributed by atoms with E-state index in [1.54, 1.807) is 4.90 Å². The number of piperidine rings is 1. The van der Waals surface area contributed by atoms with Crippen molar-refractivity contribution in [1.29, 1.82) is 5.26 Å². The number of likely N-dealkylation sites (tertiary alicyclic amines) is 1. The molecule has 1 aliphatic rings. The first-order valence-electron chi connectivity index (χ1n) is 6.00. The van der Waals surface area contributed by atoms with Crippen molar-refractivity contribution in [3.8, 4) is 6.07 Å². The highest BCUT2D eigenvalue weighted by atomic mass is 16.6. The molecule has 1 rings (SSSR count). The fourth-order valence-corrected chi connectivity index (χ4v) is 1.78. The van der Waals surface area contributed by atoms with Gasteiger partial charge in [-0.3, -0.25) is 0 Å². The summed E-state index contributed by atoms with van der Waals surface area (Å²) in [6.07, 6.45) is 1.51. The van der Waals surface area contributed by atoms with Crippen molar-refractivity contribution >= 4 is 6.09 Å². The Labute approximate surface area is 103 Å². The number of carbonyl (C=O) groups is 1. The van der Waals surface area contributed by atoms with Gasteiger partial charge in [-0.25, -0.2) is 4.79 Å². The van der Waals surface area contributed by atoms with Gasteiger partial charge in [0, 0.05) is 19.1 Å². The topological polar surface area (TPSA) is 65.4 Å². The number of nitriles is 1. The maximum atomic E-state index is 11.8. The molecule has 1 N–H and O–H groups in total. The summed E-state index contributed by atoms with van der Waals surface area (Å²) >= 11 is 0. The Bertz CT molecular complexity index is 296. The van der Waals surface area contributed by atoms with Crippen LogP contribution in [0.15, 0.2) is 0 Å². The molecular formula is C12H21N3O2. The lowest BCUT2D eigenvalue weighted by Crippen LogP contribution is -2.46. The number of ether oxygens (including phenoxy) is 1. The highest BCUT2D eigenvalue weighted by Gasteiger charge is 2.26. The zero-order valence-electron chi connectivity index (χ0n) is 10.8. The lowest BCUT2D eigenvalue weighted by Gasteiger charge is -2.33. The van der Waals surface area contributed by atoms with Crippen LogP contribution in [0.1, 0.15) is 33.6 Å². The van der Waals surface area contributed by atoms with E-state index in [-0.39, 0.29) is 6.09 Å². The molecule has 0 saturated carbocycles.